The van der Waals surface area contributed by atoms with Gasteiger partial charge in [0.1, 0.15) is 4.90 Å². The van der Waals surface area contributed by atoms with Crippen LogP contribution in [0, 0.1) is 5.41 Å². The first-order valence-electron chi connectivity index (χ1n) is 6.52. The van der Waals surface area contributed by atoms with Crippen molar-refractivity contribution in [1.82, 2.24) is 0 Å². The molecule has 7 nitrogen and oxygen atoms in total. The molecule has 1 fully saturated rings. The zero-order valence-electron chi connectivity index (χ0n) is 11.4. The highest BCUT2D eigenvalue weighted by Crippen LogP contribution is 2.32. The van der Waals surface area contributed by atoms with Crippen LogP contribution in [0.2, 0.25) is 0 Å². The van der Waals surface area contributed by atoms with Gasteiger partial charge in [0.05, 0.1) is 11.1 Å². The smallest absolute Gasteiger partial charge is 0.311 e. The van der Waals surface area contributed by atoms with E-state index in [1.165, 1.54) is 6.07 Å². The monoisotopic (exact) mass is 314 g/mol. The number of sulfonamides is 1. The second-order valence-electron chi connectivity index (χ2n) is 5.09. The Balaban J connectivity index is 2.21. The molecule has 1 aliphatic rings. The molecule has 4 N–H and O–H groups in total. The predicted octanol–water partition coefficient (Wildman–Crippen LogP) is 0.627. The molecule has 0 amide bonds. The van der Waals surface area contributed by atoms with Crippen LogP contribution in [0.15, 0.2) is 29.2 Å². The Morgan fingerprint density at radius 2 is 1.95 bits per heavy atom. The number of nitrogens with two attached hydrogens (primary N) is 1. The van der Waals surface area contributed by atoms with Crippen molar-refractivity contribution in [2.75, 3.05) is 25.1 Å². The number of rotatable bonds is 5. The SMILES string of the molecule is NS(=O)(=O)c1ccccc1NCC1(C(=O)O)CCOCC1. The predicted molar refractivity (Wildman–Crippen MR) is 76.4 cm³/mol. The summed E-state index contributed by atoms with van der Waals surface area (Å²) in [6, 6.07) is 6.17. The van der Waals surface area contributed by atoms with Gasteiger partial charge in [0.15, 0.2) is 0 Å². The summed E-state index contributed by atoms with van der Waals surface area (Å²) in [6.45, 7) is 0.883. The number of ether oxygens (including phenoxy) is 1. The Morgan fingerprint density at radius 1 is 1.33 bits per heavy atom. The molecule has 1 heterocycles. The van der Waals surface area contributed by atoms with E-state index in [9.17, 15) is 18.3 Å². The van der Waals surface area contributed by atoms with Crippen LogP contribution in [0.1, 0.15) is 12.8 Å². The molecule has 0 spiro atoms. The largest absolute Gasteiger partial charge is 0.481 e. The number of carboxylic acid groups (broad SMARTS) is 1. The first kappa shape index (κ1) is 15.7. The average Bonchev–Trinajstić information content (AvgIpc) is 2.45. The minimum Gasteiger partial charge on any atom is -0.481 e. The van der Waals surface area contributed by atoms with Gasteiger partial charge in [-0.3, -0.25) is 4.79 Å². The van der Waals surface area contributed by atoms with Crippen molar-refractivity contribution in [2.45, 2.75) is 17.7 Å². The maximum absolute atomic E-state index is 11.5. The summed E-state index contributed by atoms with van der Waals surface area (Å²) in [5.41, 5.74) is -0.642. The zero-order chi connectivity index (χ0) is 15.5. The van der Waals surface area contributed by atoms with Gasteiger partial charge >= 0.3 is 5.97 Å². The van der Waals surface area contributed by atoms with Gasteiger partial charge < -0.3 is 15.2 Å². The van der Waals surface area contributed by atoms with Crippen LogP contribution in [-0.4, -0.2) is 39.3 Å². The number of carbonyl (C=O) groups is 1. The normalized spacial score (nSPS) is 18.1. The number of hydrogen-bond acceptors (Lipinski definition) is 5. The molecule has 1 aliphatic heterocycles. The third kappa shape index (κ3) is 3.52. The molecular weight excluding hydrogens is 296 g/mol. The third-order valence-corrected chi connectivity index (χ3v) is 4.68. The third-order valence-electron chi connectivity index (χ3n) is 3.71. The Kier molecular flexibility index (Phi) is 4.50. The molecule has 116 valence electrons. The van der Waals surface area contributed by atoms with Crippen LogP contribution in [0.3, 0.4) is 0 Å². The molecule has 2 rings (SSSR count). The van der Waals surface area contributed by atoms with Crippen molar-refractivity contribution in [2.24, 2.45) is 10.6 Å². The van der Waals surface area contributed by atoms with Gasteiger partial charge in [0, 0.05) is 19.8 Å². The van der Waals surface area contributed by atoms with Gasteiger partial charge in [-0.2, -0.15) is 0 Å². The van der Waals surface area contributed by atoms with Crippen LogP contribution in [-0.2, 0) is 19.6 Å². The summed E-state index contributed by atoms with van der Waals surface area (Å²) < 4.78 is 28.2. The lowest BCUT2D eigenvalue weighted by Gasteiger charge is -2.33. The van der Waals surface area contributed by atoms with E-state index in [-0.39, 0.29) is 11.4 Å². The topological polar surface area (TPSA) is 119 Å². The molecule has 1 aromatic rings. The van der Waals surface area contributed by atoms with Crippen molar-refractivity contribution in [1.29, 1.82) is 0 Å². The fourth-order valence-corrected chi connectivity index (χ4v) is 3.07. The van der Waals surface area contributed by atoms with Gasteiger partial charge in [0.25, 0.3) is 0 Å². The van der Waals surface area contributed by atoms with Crippen LogP contribution in [0.4, 0.5) is 5.69 Å². The number of nitrogens with one attached hydrogen (secondary N) is 1. The summed E-state index contributed by atoms with van der Waals surface area (Å²) >= 11 is 0. The number of carboxylic acids is 1. The van der Waals surface area contributed by atoms with Crippen LogP contribution < -0.4 is 10.5 Å². The highest BCUT2D eigenvalue weighted by atomic mass is 32.2. The maximum atomic E-state index is 11.5. The van der Waals surface area contributed by atoms with Crippen molar-refractivity contribution >= 4 is 21.7 Å². The van der Waals surface area contributed by atoms with Crippen molar-refractivity contribution < 1.29 is 23.1 Å². The second kappa shape index (κ2) is 6.00. The number of primary sulfonamides is 1. The highest BCUT2D eigenvalue weighted by molar-refractivity contribution is 7.89. The quantitative estimate of drug-likeness (QED) is 0.733. The summed E-state index contributed by atoms with van der Waals surface area (Å²) in [4.78, 5) is 11.5. The standard InChI is InChI=1S/C13H18N2O5S/c14-21(18,19)11-4-2-1-3-10(11)15-9-13(12(16)17)5-7-20-8-6-13/h1-4,15H,5-9H2,(H,16,17)(H2,14,18,19). The first-order chi connectivity index (χ1) is 9.85. The molecule has 1 saturated heterocycles. The fourth-order valence-electron chi connectivity index (χ4n) is 2.35. The average molecular weight is 314 g/mol. The lowest BCUT2D eigenvalue weighted by atomic mass is 9.80. The molecule has 1 aromatic carbocycles. The zero-order valence-corrected chi connectivity index (χ0v) is 12.2. The summed E-state index contributed by atoms with van der Waals surface area (Å²) in [6.07, 6.45) is 0.764. The van der Waals surface area contributed by atoms with E-state index in [1.54, 1.807) is 18.2 Å². The molecule has 0 bridgehead atoms. The molecule has 0 radical (unpaired) electrons. The number of para-hydroxylation sites is 1. The summed E-state index contributed by atoms with van der Waals surface area (Å²) in [5.74, 6) is -0.911. The fraction of sp³-hybridized carbons (Fsp3) is 0.462. The van der Waals surface area contributed by atoms with E-state index in [2.05, 4.69) is 5.32 Å². The van der Waals surface area contributed by atoms with Gasteiger partial charge in [-0.15, -0.1) is 0 Å². The van der Waals surface area contributed by atoms with Crippen LogP contribution in [0.25, 0.3) is 0 Å². The number of anilines is 1. The Hall–Kier alpha value is -1.64. The van der Waals surface area contributed by atoms with Crippen molar-refractivity contribution in [3.05, 3.63) is 24.3 Å². The second-order valence-corrected chi connectivity index (χ2v) is 6.62. The molecule has 0 atom stereocenters. The molecular formula is C13H18N2O5S. The summed E-state index contributed by atoms with van der Waals surface area (Å²) in [5, 5.41) is 17.5. The Morgan fingerprint density at radius 3 is 2.52 bits per heavy atom. The molecule has 8 heteroatoms. The molecule has 0 aromatic heterocycles. The number of benzene rings is 1. The Labute approximate surface area is 123 Å². The van der Waals surface area contributed by atoms with Gasteiger partial charge in [0.2, 0.25) is 10.0 Å². The number of hydrogen-bond donors (Lipinski definition) is 3. The van der Waals surface area contributed by atoms with Crippen LogP contribution in [0.5, 0.6) is 0 Å². The van der Waals surface area contributed by atoms with E-state index < -0.39 is 21.4 Å². The molecule has 0 aliphatic carbocycles. The van der Waals surface area contributed by atoms with E-state index in [0.29, 0.717) is 31.7 Å². The van der Waals surface area contributed by atoms with Crippen molar-refractivity contribution in [3.8, 4) is 0 Å². The maximum Gasteiger partial charge on any atom is 0.311 e. The van der Waals surface area contributed by atoms with Gasteiger partial charge in [-0.25, -0.2) is 13.6 Å². The molecule has 0 saturated carbocycles. The lowest BCUT2D eigenvalue weighted by molar-refractivity contribution is -0.153. The molecule has 0 unspecified atom stereocenters. The highest BCUT2D eigenvalue weighted by Gasteiger charge is 2.40. The van der Waals surface area contributed by atoms with E-state index in [0.717, 1.165) is 0 Å². The van der Waals surface area contributed by atoms with Gasteiger partial charge in [-0.1, -0.05) is 12.1 Å². The van der Waals surface area contributed by atoms with E-state index >= 15 is 0 Å². The van der Waals surface area contributed by atoms with E-state index in [1.807, 2.05) is 0 Å². The number of aliphatic carboxylic acids is 1. The first-order valence-corrected chi connectivity index (χ1v) is 8.07. The minimum atomic E-state index is -3.86. The molecule has 21 heavy (non-hydrogen) atoms. The van der Waals surface area contributed by atoms with Crippen molar-refractivity contribution in [3.63, 3.8) is 0 Å². The Bertz CT molecular complexity index is 623. The van der Waals surface area contributed by atoms with Gasteiger partial charge in [-0.05, 0) is 25.0 Å². The van der Waals surface area contributed by atoms with E-state index in [4.69, 9.17) is 9.88 Å². The minimum absolute atomic E-state index is 0.0439. The van der Waals surface area contributed by atoms with Crippen LogP contribution >= 0.6 is 0 Å². The lowest BCUT2D eigenvalue weighted by Crippen LogP contribution is -2.42. The summed E-state index contributed by atoms with van der Waals surface area (Å²) in [7, 11) is -3.86.